The van der Waals surface area contributed by atoms with Crippen LogP contribution in [0.4, 0.5) is 11.4 Å². The van der Waals surface area contributed by atoms with E-state index in [1.807, 2.05) is 18.2 Å². The minimum absolute atomic E-state index is 0.110. The van der Waals surface area contributed by atoms with Gasteiger partial charge in [0.1, 0.15) is 5.75 Å². The molecule has 0 radical (unpaired) electrons. The second-order valence-corrected chi connectivity index (χ2v) is 5.38. The number of aromatic hydroxyl groups is 1. The molecule has 1 heterocycles. The van der Waals surface area contributed by atoms with Crippen LogP contribution in [0.15, 0.2) is 51.9 Å². The summed E-state index contributed by atoms with van der Waals surface area (Å²) < 4.78 is 0.825. The Kier molecular flexibility index (Phi) is 3.28. The summed E-state index contributed by atoms with van der Waals surface area (Å²) in [4.78, 5) is 16.5. The molecule has 0 unspecified atom stereocenters. The van der Waals surface area contributed by atoms with Crippen molar-refractivity contribution in [2.75, 3.05) is 5.32 Å². The molecule has 4 nitrogen and oxygen atoms in total. The van der Waals surface area contributed by atoms with Crippen molar-refractivity contribution in [2.45, 2.75) is 6.42 Å². The largest absolute Gasteiger partial charge is 0.507 e. The lowest BCUT2D eigenvalue weighted by Gasteiger charge is -2.06. The van der Waals surface area contributed by atoms with Gasteiger partial charge in [-0.2, -0.15) is 0 Å². The Labute approximate surface area is 124 Å². The number of carbonyl (C=O) groups excluding carboxylic acids is 1. The fourth-order valence-corrected chi connectivity index (χ4v) is 2.46. The average Bonchev–Trinajstić information content (AvgIpc) is 2.59. The number of phenolic OH excluding ortho intramolecular Hbond substituents is 1. The van der Waals surface area contributed by atoms with Gasteiger partial charge in [-0.3, -0.25) is 4.79 Å². The number of fused-ring (bicyclic) bond motifs is 1. The number of halogens is 1. The van der Waals surface area contributed by atoms with Crippen LogP contribution in [0.5, 0.6) is 5.75 Å². The van der Waals surface area contributed by atoms with E-state index < -0.39 is 0 Å². The summed E-state index contributed by atoms with van der Waals surface area (Å²) in [5, 5.41) is 12.8. The van der Waals surface area contributed by atoms with Gasteiger partial charge in [0.05, 0.1) is 23.5 Å². The molecule has 0 fully saturated rings. The molecule has 1 aliphatic rings. The predicted octanol–water partition coefficient (Wildman–Crippen LogP) is 3.62. The third-order valence-corrected chi connectivity index (χ3v) is 3.52. The van der Waals surface area contributed by atoms with Crippen molar-refractivity contribution in [1.29, 1.82) is 0 Å². The highest BCUT2D eigenvalue weighted by molar-refractivity contribution is 9.10. The van der Waals surface area contributed by atoms with Crippen molar-refractivity contribution in [3.63, 3.8) is 0 Å². The third kappa shape index (κ3) is 2.44. The number of amides is 1. The van der Waals surface area contributed by atoms with Gasteiger partial charge < -0.3 is 10.4 Å². The van der Waals surface area contributed by atoms with Crippen LogP contribution < -0.4 is 5.32 Å². The molecule has 0 atom stereocenters. The summed E-state index contributed by atoms with van der Waals surface area (Å²) in [6, 6.07) is 12.4. The summed E-state index contributed by atoms with van der Waals surface area (Å²) in [7, 11) is 0. The molecule has 0 saturated carbocycles. The SMILES string of the molecule is O=C1CC(c2cc(Br)ccc2O)=Nc2ccccc2N1. The summed E-state index contributed by atoms with van der Waals surface area (Å²) in [5.41, 5.74) is 2.48. The molecule has 2 N–H and O–H groups in total. The van der Waals surface area contributed by atoms with Gasteiger partial charge in [-0.15, -0.1) is 0 Å². The monoisotopic (exact) mass is 330 g/mol. The lowest BCUT2D eigenvalue weighted by atomic mass is 10.1. The highest BCUT2D eigenvalue weighted by Crippen LogP contribution is 2.31. The summed E-state index contributed by atoms with van der Waals surface area (Å²) in [5.74, 6) is -0.0350. The molecule has 0 bridgehead atoms. The molecule has 0 spiro atoms. The molecule has 0 saturated heterocycles. The van der Waals surface area contributed by atoms with Crippen molar-refractivity contribution in [3.05, 3.63) is 52.5 Å². The van der Waals surface area contributed by atoms with E-state index in [9.17, 15) is 9.90 Å². The first kappa shape index (κ1) is 12.9. The molecule has 1 amide bonds. The van der Waals surface area contributed by atoms with E-state index in [-0.39, 0.29) is 18.1 Å². The van der Waals surface area contributed by atoms with E-state index in [1.54, 1.807) is 24.3 Å². The van der Waals surface area contributed by atoms with Crippen molar-refractivity contribution < 1.29 is 9.90 Å². The highest BCUT2D eigenvalue weighted by atomic mass is 79.9. The van der Waals surface area contributed by atoms with E-state index in [4.69, 9.17) is 0 Å². The van der Waals surface area contributed by atoms with Crippen molar-refractivity contribution in [1.82, 2.24) is 0 Å². The Morgan fingerprint density at radius 2 is 2.00 bits per heavy atom. The van der Waals surface area contributed by atoms with Crippen molar-refractivity contribution in [2.24, 2.45) is 4.99 Å². The zero-order valence-corrected chi connectivity index (χ0v) is 12.0. The van der Waals surface area contributed by atoms with Gasteiger partial charge in [-0.05, 0) is 30.3 Å². The smallest absolute Gasteiger partial charge is 0.230 e. The van der Waals surface area contributed by atoms with E-state index in [0.717, 1.165) is 4.47 Å². The van der Waals surface area contributed by atoms with Crippen molar-refractivity contribution >= 4 is 38.9 Å². The summed E-state index contributed by atoms with van der Waals surface area (Å²) in [6.45, 7) is 0. The van der Waals surface area contributed by atoms with Crippen molar-refractivity contribution in [3.8, 4) is 5.75 Å². The van der Waals surface area contributed by atoms with Gasteiger partial charge in [-0.25, -0.2) is 4.99 Å². The number of anilines is 1. The minimum atomic E-state index is -0.145. The normalized spacial score (nSPS) is 14.1. The summed E-state index contributed by atoms with van der Waals surface area (Å²) in [6.07, 6.45) is 0.124. The zero-order valence-electron chi connectivity index (χ0n) is 10.4. The van der Waals surface area contributed by atoms with Gasteiger partial charge in [0.25, 0.3) is 0 Å². The van der Waals surface area contributed by atoms with Crippen LogP contribution in [0.1, 0.15) is 12.0 Å². The molecule has 100 valence electrons. The first-order valence-electron chi connectivity index (χ1n) is 6.09. The van der Waals surface area contributed by atoms with Gasteiger partial charge in [0, 0.05) is 10.0 Å². The van der Waals surface area contributed by atoms with Crippen LogP contribution in [-0.2, 0) is 4.79 Å². The standard InChI is InChI=1S/C15H11BrN2O2/c16-9-5-6-14(19)10(7-9)13-8-15(20)18-12-4-2-1-3-11(12)17-13/h1-7,19H,8H2,(H,18,20). The topological polar surface area (TPSA) is 61.7 Å². The second-order valence-electron chi connectivity index (χ2n) is 4.46. The molecular formula is C15H11BrN2O2. The number of benzene rings is 2. The number of para-hydroxylation sites is 2. The number of hydrogen-bond acceptors (Lipinski definition) is 3. The van der Waals surface area contributed by atoms with E-state index in [1.165, 1.54) is 0 Å². The number of nitrogens with one attached hydrogen (secondary N) is 1. The lowest BCUT2D eigenvalue weighted by Crippen LogP contribution is -2.15. The number of phenols is 1. The molecule has 0 aromatic heterocycles. The third-order valence-electron chi connectivity index (χ3n) is 3.03. The van der Waals surface area contributed by atoms with Crippen LogP contribution >= 0.6 is 15.9 Å². The molecule has 2 aromatic rings. The molecule has 20 heavy (non-hydrogen) atoms. The van der Waals surface area contributed by atoms with Crippen LogP contribution in [0.2, 0.25) is 0 Å². The fraction of sp³-hybridized carbons (Fsp3) is 0.0667. The molecule has 0 aliphatic carbocycles. The highest BCUT2D eigenvalue weighted by Gasteiger charge is 2.19. The maximum atomic E-state index is 11.9. The molecule has 1 aliphatic heterocycles. The van der Waals surface area contributed by atoms with E-state index in [2.05, 4.69) is 26.2 Å². The van der Waals surface area contributed by atoms with Gasteiger partial charge in [-0.1, -0.05) is 28.1 Å². The Morgan fingerprint density at radius 3 is 2.85 bits per heavy atom. The van der Waals surface area contributed by atoms with Crippen LogP contribution in [0.25, 0.3) is 0 Å². The Morgan fingerprint density at radius 1 is 1.20 bits per heavy atom. The quantitative estimate of drug-likeness (QED) is 0.838. The van der Waals surface area contributed by atoms with Gasteiger partial charge in [0.15, 0.2) is 0 Å². The van der Waals surface area contributed by atoms with Gasteiger partial charge >= 0.3 is 0 Å². The number of hydrogen-bond donors (Lipinski definition) is 2. The molecule has 5 heteroatoms. The molecule has 2 aromatic carbocycles. The number of aliphatic imine (C=N–C) groups is 1. The van der Waals surface area contributed by atoms with Gasteiger partial charge in [0.2, 0.25) is 5.91 Å². The molecular weight excluding hydrogens is 320 g/mol. The lowest BCUT2D eigenvalue weighted by molar-refractivity contribution is -0.115. The Bertz CT molecular complexity index is 726. The van der Waals surface area contributed by atoms with E-state index in [0.29, 0.717) is 22.6 Å². The van der Waals surface area contributed by atoms with E-state index >= 15 is 0 Å². The number of rotatable bonds is 1. The second kappa shape index (κ2) is 5.09. The fourth-order valence-electron chi connectivity index (χ4n) is 2.10. The molecule has 3 rings (SSSR count). The zero-order chi connectivity index (χ0) is 14.1. The van der Waals surface area contributed by atoms with Crippen LogP contribution in [0.3, 0.4) is 0 Å². The number of nitrogens with zero attached hydrogens (tertiary/aromatic N) is 1. The minimum Gasteiger partial charge on any atom is -0.507 e. The predicted molar refractivity (Wildman–Crippen MR) is 81.7 cm³/mol. The Hall–Kier alpha value is -2.14. The number of carbonyl (C=O) groups is 1. The average molecular weight is 331 g/mol. The van der Waals surface area contributed by atoms with Crippen LogP contribution in [0, 0.1) is 0 Å². The van der Waals surface area contributed by atoms with Crippen LogP contribution in [-0.4, -0.2) is 16.7 Å². The first-order valence-corrected chi connectivity index (χ1v) is 6.88. The maximum absolute atomic E-state index is 11.9. The first-order chi connectivity index (χ1) is 9.63. The Balaban J connectivity index is 2.15. The summed E-state index contributed by atoms with van der Waals surface area (Å²) >= 11 is 3.36. The maximum Gasteiger partial charge on any atom is 0.230 e.